The highest BCUT2D eigenvalue weighted by Crippen LogP contribution is 2.14. The maximum absolute atomic E-state index is 12.3. The molecule has 0 spiro atoms. The van der Waals surface area contributed by atoms with E-state index in [0.29, 0.717) is 29.3 Å². The molecule has 2 aromatic rings. The summed E-state index contributed by atoms with van der Waals surface area (Å²) in [5.74, 6) is -0.00961. The van der Waals surface area contributed by atoms with Crippen LogP contribution < -0.4 is 5.32 Å². The largest absolute Gasteiger partial charge is 0.462 e. The van der Waals surface area contributed by atoms with E-state index in [2.05, 4.69) is 19.2 Å². The molecule has 1 amide bonds. The maximum Gasteiger partial charge on any atom is 0.338 e. The minimum absolute atomic E-state index is 0.166. The first-order chi connectivity index (χ1) is 11.5. The van der Waals surface area contributed by atoms with Gasteiger partial charge in [0, 0.05) is 11.3 Å². The highest BCUT2D eigenvalue weighted by Gasteiger charge is 2.10. The van der Waals surface area contributed by atoms with Crippen molar-refractivity contribution in [2.24, 2.45) is 5.92 Å². The molecule has 0 saturated carbocycles. The third kappa shape index (κ3) is 4.95. The summed E-state index contributed by atoms with van der Waals surface area (Å²) in [7, 11) is 0. The summed E-state index contributed by atoms with van der Waals surface area (Å²) in [4.78, 5) is 24.2. The molecule has 0 heterocycles. The minimum Gasteiger partial charge on any atom is -0.462 e. The monoisotopic (exact) mass is 325 g/mol. The normalized spacial score (nSPS) is 10.5. The Morgan fingerprint density at radius 2 is 1.71 bits per heavy atom. The van der Waals surface area contributed by atoms with E-state index in [1.165, 1.54) is 0 Å². The molecule has 0 aliphatic carbocycles. The van der Waals surface area contributed by atoms with Crippen molar-refractivity contribution in [1.82, 2.24) is 0 Å². The van der Waals surface area contributed by atoms with E-state index in [1.54, 1.807) is 30.3 Å². The molecule has 0 saturated heterocycles. The minimum atomic E-state index is -0.340. The van der Waals surface area contributed by atoms with Crippen molar-refractivity contribution in [1.29, 1.82) is 0 Å². The second-order valence-corrected chi connectivity index (χ2v) is 6.16. The molecule has 1 N–H and O–H groups in total. The zero-order chi connectivity index (χ0) is 17.5. The van der Waals surface area contributed by atoms with Crippen LogP contribution in [0.25, 0.3) is 0 Å². The smallest absolute Gasteiger partial charge is 0.338 e. The highest BCUT2D eigenvalue weighted by atomic mass is 16.5. The quantitative estimate of drug-likeness (QED) is 0.798. The Kier molecular flexibility index (Phi) is 6.13. The maximum atomic E-state index is 12.3. The van der Waals surface area contributed by atoms with E-state index in [-0.39, 0.29) is 11.9 Å². The SMILES string of the molecule is Cc1ccccc1C(=O)Nc1ccc(C(=O)OCCC(C)C)cc1. The number of carbonyl (C=O) groups excluding carboxylic acids is 2. The van der Waals surface area contributed by atoms with Crippen LogP contribution in [0.2, 0.25) is 0 Å². The van der Waals surface area contributed by atoms with Gasteiger partial charge in [-0.1, -0.05) is 32.0 Å². The van der Waals surface area contributed by atoms with Gasteiger partial charge < -0.3 is 10.1 Å². The molecule has 0 fully saturated rings. The lowest BCUT2D eigenvalue weighted by atomic mass is 10.1. The predicted octanol–water partition coefficient (Wildman–Crippen LogP) is 4.45. The molecule has 0 aliphatic rings. The van der Waals surface area contributed by atoms with Crippen LogP contribution in [0.15, 0.2) is 48.5 Å². The van der Waals surface area contributed by atoms with Gasteiger partial charge in [-0.3, -0.25) is 4.79 Å². The second kappa shape index (κ2) is 8.29. The number of aryl methyl sites for hydroxylation is 1. The zero-order valence-corrected chi connectivity index (χ0v) is 14.3. The van der Waals surface area contributed by atoms with Crippen LogP contribution in [0, 0.1) is 12.8 Å². The molecule has 0 atom stereocenters. The molecular formula is C20H23NO3. The molecule has 0 aliphatic heterocycles. The summed E-state index contributed by atoms with van der Waals surface area (Å²) in [6.07, 6.45) is 0.844. The Morgan fingerprint density at radius 3 is 2.33 bits per heavy atom. The molecule has 0 radical (unpaired) electrons. The van der Waals surface area contributed by atoms with Gasteiger partial charge >= 0.3 is 5.97 Å². The summed E-state index contributed by atoms with van der Waals surface area (Å²) in [5, 5.41) is 2.83. The number of nitrogens with one attached hydrogen (secondary N) is 1. The molecule has 4 nitrogen and oxygen atoms in total. The molecular weight excluding hydrogens is 302 g/mol. The Labute approximate surface area is 142 Å². The molecule has 0 aromatic heterocycles. The molecule has 126 valence electrons. The van der Waals surface area contributed by atoms with Gasteiger partial charge in [0.15, 0.2) is 0 Å². The standard InChI is InChI=1S/C20H23NO3/c1-14(2)12-13-24-20(23)16-8-10-17(11-9-16)21-19(22)18-7-5-4-6-15(18)3/h4-11,14H,12-13H2,1-3H3,(H,21,22). The van der Waals surface area contributed by atoms with Crippen molar-refractivity contribution in [3.8, 4) is 0 Å². The topological polar surface area (TPSA) is 55.4 Å². The van der Waals surface area contributed by atoms with Gasteiger partial charge in [0.25, 0.3) is 5.91 Å². The predicted molar refractivity (Wildman–Crippen MR) is 95.3 cm³/mol. The number of carbonyl (C=O) groups is 2. The molecule has 2 rings (SSSR count). The van der Waals surface area contributed by atoms with E-state index in [9.17, 15) is 9.59 Å². The van der Waals surface area contributed by atoms with Crippen LogP contribution >= 0.6 is 0 Å². The molecule has 0 bridgehead atoms. The van der Waals surface area contributed by atoms with E-state index < -0.39 is 0 Å². The number of amides is 1. The van der Waals surface area contributed by atoms with Crippen molar-refractivity contribution in [2.45, 2.75) is 27.2 Å². The zero-order valence-electron chi connectivity index (χ0n) is 14.3. The third-order valence-electron chi connectivity index (χ3n) is 3.70. The summed E-state index contributed by atoms with van der Waals surface area (Å²) in [6.45, 7) is 6.48. The van der Waals surface area contributed by atoms with Crippen molar-refractivity contribution in [3.05, 3.63) is 65.2 Å². The fourth-order valence-corrected chi connectivity index (χ4v) is 2.19. The van der Waals surface area contributed by atoms with Crippen molar-refractivity contribution < 1.29 is 14.3 Å². The fraction of sp³-hybridized carbons (Fsp3) is 0.300. The van der Waals surface area contributed by atoms with E-state index in [0.717, 1.165) is 12.0 Å². The van der Waals surface area contributed by atoms with Gasteiger partial charge in [-0.15, -0.1) is 0 Å². The summed E-state index contributed by atoms with van der Waals surface area (Å²) < 4.78 is 5.22. The van der Waals surface area contributed by atoms with Crippen LogP contribution in [-0.4, -0.2) is 18.5 Å². The van der Waals surface area contributed by atoms with Crippen molar-refractivity contribution in [3.63, 3.8) is 0 Å². The fourth-order valence-electron chi connectivity index (χ4n) is 2.19. The van der Waals surface area contributed by atoms with E-state index >= 15 is 0 Å². The Balaban J connectivity index is 1.96. The number of hydrogen-bond donors (Lipinski definition) is 1. The third-order valence-corrected chi connectivity index (χ3v) is 3.70. The van der Waals surface area contributed by atoms with Crippen molar-refractivity contribution in [2.75, 3.05) is 11.9 Å². The molecule has 24 heavy (non-hydrogen) atoms. The second-order valence-electron chi connectivity index (χ2n) is 6.16. The van der Waals surface area contributed by atoms with Gasteiger partial charge in [-0.25, -0.2) is 4.79 Å². The van der Waals surface area contributed by atoms with E-state index in [4.69, 9.17) is 4.74 Å². The Bertz CT molecular complexity index is 705. The summed E-state index contributed by atoms with van der Waals surface area (Å²) in [5.41, 5.74) is 2.67. The first-order valence-corrected chi connectivity index (χ1v) is 8.11. The van der Waals surface area contributed by atoms with Gasteiger partial charge in [-0.2, -0.15) is 0 Å². The highest BCUT2D eigenvalue weighted by molar-refractivity contribution is 6.05. The van der Waals surface area contributed by atoms with E-state index in [1.807, 2.05) is 25.1 Å². The summed E-state index contributed by atoms with van der Waals surface area (Å²) in [6, 6.07) is 14.1. The first kappa shape index (κ1) is 17.7. The van der Waals surface area contributed by atoms with Crippen LogP contribution in [0.5, 0.6) is 0 Å². The Morgan fingerprint density at radius 1 is 1.04 bits per heavy atom. The molecule has 0 unspecified atom stereocenters. The van der Waals surface area contributed by atoms with Gasteiger partial charge in [0.2, 0.25) is 0 Å². The number of hydrogen-bond acceptors (Lipinski definition) is 3. The average Bonchev–Trinajstić information content (AvgIpc) is 2.55. The van der Waals surface area contributed by atoms with Gasteiger partial charge in [0.1, 0.15) is 0 Å². The van der Waals surface area contributed by atoms with Crippen LogP contribution in [0.1, 0.15) is 46.5 Å². The molecule has 4 heteroatoms. The van der Waals surface area contributed by atoms with Crippen molar-refractivity contribution >= 4 is 17.6 Å². The van der Waals surface area contributed by atoms with Crippen LogP contribution in [0.3, 0.4) is 0 Å². The number of esters is 1. The number of anilines is 1. The summed E-state index contributed by atoms with van der Waals surface area (Å²) >= 11 is 0. The Hall–Kier alpha value is -2.62. The average molecular weight is 325 g/mol. The lowest BCUT2D eigenvalue weighted by Gasteiger charge is -2.09. The number of benzene rings is 2. The lowest BCUT2D eigenvalue weighted by Crippen LogP contribution is -2.13. The first-order valence-electron chi connectivity index (χ1n) is 8.11. The number of rotatable bonds is 6. The van der Waals surface area contributed by atoms with Crippen LogP contribution in [0.4, 0.5) is 5.69 Å². The number of ether oxygens (including phenoxy) is 1. The lowest BCUT2D eigenvalue weighted by molar-refractivity contribution is 0.0488. The van der Waals surface area contributed by atoms with Gasteiger partial charge in [-0.05, 0) is 55.2 Å². The molecule has 2 aromatic carbocycles. The van der Waals surface area contributed by atoms with Crippen LogP contribution in [-0.2, 0) is 4.74 Å². The van der Waals surface area contributed by atoms with Gasteiger partial charge in [0.05, 0.1) is 12.2 Å².